The van der Waals surface area contributed by atoms with E-state index in [1.165, 1.54) is 10.4 Å². The van der Waals surface area contributed by atoms with Crippen LogP contribution in [-0.4, -0.2) is 54.9 Å². The van der Waals surface area contributed by atoms with Gasteiger partial charge >= 0.3 is 12.4 Å². The Balaban J connectivity index is 1.82. The average molecular weight is 511 g/mol. The number of alkyl halides is 6. The Kier molecular flexibility index (Phi) is 7.13. The molecule has 0 N–H and O–H groups in total. The fourth-order valence-corrected chi connectivity index (χ4v) is 4.49. The highest BCUT2D eigenvalue weighted by atomic mass is 32.2. The summed E-state index contributed by atoms with van der Waals surface area (Å²) in [6.07, 6.45) is -7.87. The molecule has 0 saturated carbocycles. The molecule has 3 rings (SSSR count). The van der Waals surface area contributed by atoms with Crippen molar-refractivity contribution in [2.24, 2.45) is 0 Å². The van der Waals surface area contributed by atoms with Crippen LogP contribution in [0, 0.1) is 11.3 Å². The molecule has 15 heteroatoms. The van der Waals surface area contributed by atoms with Crippen molar-refractivity contribution in [3.8, 4) is 6.07 Å². The van der Waals surface area contributed by atoms with Crippen LogP contribution < -0.4 is 4.90 Å². The topological polar surface area (TPSA) is 103 Å². The van der Waals surface area contributed by atoms with Crippen molar-refractivity contribution in [3.05, 3.63) is 41.0 Å². The third-order valence-corrected chi connectivity index (χ3v) is 6.56. The lowest BCUT2D eigenvalue weighted by molar-refractivity contribution is -0.137. The van der Waals surface area contributed by atoms with Crippen molar-refractivity contribution in [1.82, 2.24) is 14.4 Å². The molecule has 0 atom stereocenters. The van der Waals surface area contributed by atoms with E-state index in [1.807, 2.05) is 0 Å². The Morgan fingerprint density at radius 1 is 1.21 bits per heavy atom. The molecule has 1 aromatic carbocycles. The molecular formula is C19H19F6N5O3S. The molecule has 8 nitrogen and oxygen atoms in total. The minimum Gasteiger partial charge on any atom is -0.355 e. The SMILES string of the molecule is CS(=O)(=O)N1CCC(c2nc(CN(CC(F)(F)F)c3ccc(C#N)c(C(F)(F)F)c3)no2)CC1. The summed E-state index contributed by atoms with van der Waals surface area (Å²) in [7, 11) is -3.36. The van der Waals surface area contributed by atoms with Gasteiger partial charge in [0.05, 0.1) is 30.0 Å². The highest BCUT2D eigenvalue weighted by Crippen LogP contribution is 2.35. The van der Waals surface area contributed by atoms with Crippen LogP contribution in [0.25, 0.3) is 0 Å². The summed E-state index contributed by atoms with van der Waals surface area (Å²) in [6, 6.07) is 3.65. The lowest BCUT2D eigenvalue weighted by Crippen LogP contribution is -2.37. The number of nitrogens with zero attached hydrogens (tertiary/aromatic N) is 5. The van der Waals surface area contributed by atoms with Gasteiger partial charge in [0, 0.05) is 24.7 Å². The summed E-state index contributed by atoms with van der Waals surface area (Å²) >= 11 is 0. The van der Waals surface area contributed by atoms with E-state index in [2.05, 4.69) is 10.1 Å². The van der Waals surface area contributed by atoms with Gasteiger partial charge in [-0.05, 0) is 31.0 Å². The molecule has 1 aliphatic rings. The van der Waals surface area contributed by atoms with Crippen molar-refractivity contribution in [1.29, 1.82) is 5.26 Å². The maximum Gasteiger partial charge on any atom is 0.417 e. The second-order valence-electron chi connectivity index (χ2n) is 7.80. The van der Waals surface area contributed by atoms with Gasteiger partial charge in [-0.2, -0.15) is 36.6 Å². The normalized spacial score (nSPS) is 16.4. The van der Waals surface area contributed by atoms with Gasteiger partial charge in [-0.25, -0.2) is 12.7 Å². The van der Waals surface area contributed by atoms with Gasteiger partial charge in [0.25, 0.3) is 0 Å². The van der Waals surface area contributed by atoms with Crippen LogP contribution in [0.1, 0.15) is 41.6 Å². The zero-order valence-corrected chi connectivity index (χ0v) is 18.5. The molecule has 1 aliphatic heterocycles. The smallest absolute Gasteiger partial charge is 0.355 e. The van der Waals surface area contributed by atoms with Crippen molar-refractivity contribution < 1.29 is 39.3 Å². The number of aromatic nitrogens is 2. The molecule has 0 amide bonds. The molecule has 186 valence electrons. The first-order valence-electron chi connectivity index (χ1n) is 9.88. The molecule has 2 aromatic rings. The van der Waals surface area contributed by atoms with Crippen molar-refractivity contribution in [2.75, 3.05) is 30.8 Å². The summed E-state index contributed by atoms with van der Waals surface area (Å²) < 4.78 is 109. The van der Waals surface area contributed by atoms with Gasteiger partial charge in [0.2, 0.25) is 15.9 Å². The van der Waals surface area contributed by atoms with E-state index in [4.69, 9.17) is 9.78 Å². The fraction of sp³-hybridized carbons (Fsp3) is 0.526. The number of rotatable bonds is 6. The maximum absolute atomic E-state index is 13.3. The molecule has 2 heterocycles. The Labute approximate surface area is 190 Å². The summed E-state index contributed by atoms with van der Waals surface area (Å²) in [5, 5.41) is 12.6. The number of piperidine rings is 1. The summed E-state index contributed by atoms with van der Waals surface area (Å²) in [5.74, 6) is -0.365. The third-order valence-electron chi connectivity index (χ3n) is 5.25. The second kappa shape index (κ2) is 9.41. The van der Waals surface area contributed by atoms with Crippen LogP contribution in [-0.2, 0) is 22.7 Å². The van der Waals surface area contributed by atoms with Crippen molar-refractivity contribution in [2.45, 2.75) is 37.7 Å². The maximum atomic E-state index is 13.3. The lowest BCUT2D eigenvalue weighted by atomic mass is 9.98. The summed E-state index contributed by atoms with van der Waals surface area (Å²) in [5.41, 5.74) is -2.49. The standard InChI is InChI=1S/C19H19F6N5O3S/c1-34(31,32)30-6-4-12(5-7-30)17-27-16(28-33-17)10-29(11-18(20,21)22)14-3-2-13(9-26)15(8-14)19(23,24)25/h2-3,8,12H,4-7,10-11H2,1H3. The van der Waals surface area contributed by atoms with Crippen LogP contribution >= 0.6 is 0 Å². The van der Waals surface area contributed by atoms with E-state index >= 15 is 0 Å². The molecule has 1 saturated heterocycles. The predicted molar refractivity (Wildman–Crippen MR) is 106 cm³/mol. The first-order chi connectivity index (χ1) is 15.7. The zero-order chi connectivity index (χ0) is 25.3. The van der Waals surface area contributed by atoms with Gasteiger partial charge in [0.15, 0.2) is 5.82 Å². The minimum atomic E-state index is -4.94. The molecular weight excluding hydrogens is 492 g/mol. The largest absolute Gasteiger partial charge is 0.417 e. The van der Waals surface area contributed by atoms with Crippen LogP contribution in [0.15, 0.2) is 22.7 Å². The average Bonchev–Trinajstić information content (AvgIpc) is 3.19. The van der Waals surface area contributed by atoms with Crippen LogP contribution in [0.4, 0.5) is 32.0 Å². The summed E-state index contributed by atoms with van der Waals surface area (Å²) in [6.45, 7) is -1.76. The Hall–Kier alpha value is -2.86. The van der Waals surface area contributed by atoms with Gasteiger partial charge < -0.3 is 9.42 Å². The van der Waals surface area contributed by atoms with E-state index in [9.17, 15) is 34.8 Å². The van der Waals surface area contributed by atoms with E-state index in [1.54, 1.807) is 0 Å². The van der Waals surface area contributed by atoms with Crippen LogP contribution in [0.2, 0.25) is 0 Å². The number of nitriles is 1. The number of halogens is 6. The molecule has 0 aliphatic carbocycles. The lowest BCUT2D eigenvalue weighted by Gasteiger charge is -2.28. The molecule has 0 radical (unpaired) electrons. The van der Waals surface area contributed by atoms with Crippen molar-refractivity contribution >= 4 is 15.7 Å². The zero-order valence-electron chi connectivity index (χ0n) is 17.7. The summed E-state index contributed by atoms with van der Waals surface area (Å²) in [4.78, 5) is 4.70. The Morgan fingerprint density at radius 2 is 1.85 bits per heavy atom. The number of hydrogen-bond donors (Lipinski definition) is 0. The molecule has 0 unspecified atom stereocenters. The second-order valence-corrected chi connectivity index (χ2v) is 9.78. The minimum absolute atomic E-state index is 0.117. The number of hydrogen-bond acceptors (Lipinski definition) is 7. The highest BCUT2D eigenvalue weighted by Gasteiger charge is 2.36. The van der Waals surface area contributed by atoms with E-state index in [0.717, 1.165) is 18.4 Å². The molecule has 34 heavy (non-hydrogen) atoms. The third kappa shape index (κ3) is 6.38. The number of benzene rings is 1. The fourth-order valence-electron chi connectivity index (χ4n) is 3.62. The monoisotopic (exact) mass is 511 g/mol. The van der Waals surface area contributed by atoms with E-state index in [0.29, 0.717) is 23.8 Å². The number of anilines is 1. The van der Waals surface area contributed by atoms with E-state index in [-0.39, 0.29) is 30.7 Å². The van der Waals surface area contributed by atoms with Crippen LogP contribution in [0.5, 0.6) is 0 Å². The quantitative estimate of drug-likeness (QED) is 0.546. The molecule has 0 spiro atoms. The first kappa shape index (κ1) is 25.8. The Morgan fingerprint density at radius 3 is 2.38 bits per heavy atom. The van der Waals surface area contributed by atoms with Crippen molar-refractivity contribution in [3.63, 3.8) is 0 Å². The molecule has 1 aromatic heterocycles. The Bertz CT molecular complexity index is 1160. The van der Waals surface area contributed by atoms with Gasteiger partial charge in [-0.15, -0.1) is 0 Å². The van der Waals surface area contributed by atoms with Gasteiger partial charge in [0.1, 0.15) is 6.54 Å². The molecule has 0 bridgehead atoms. The van der Waals surface area contributed by atoms with Crippen LogP contribution in [0.3, 0.4) is 0 Å². The highest BCUT2D eigenvalue weighted by molar-refractivity contribution is 7.88. The van der Waals surface area contributed by atoms with Gasteiger partial charge in [-0.3, -0.25) is 0 Å². The molecule has 1 fully saturated rings. The van der Waals surface area contributed by atoms with E-state index < -0.39 is 52.3 Å². The number of sulfonamides is 1. The van der Waals surface area contributed by atoms with Gasteiger partial charge in [-0.1, -0.05) is 5.16 Å². The predicted octanol–water partition coefficient (Wildman–Crippen LogP) is 3.67. The first-order valence-corrected chi connectivity index (χ1v) is 11.7.